The number of nitrogens with zero attached hydrogens (tertiary/aromatic N) is 2. The van der Waals surface area contributed by atoms with E-state index in [2.05, 4.69) is 29.5 Å². The summed E-state index contributed by atoms with van der Waals surface area (Å²) in [7, 11) is 0. The molecule has 0 bridgehead atoms. The van der Waals surface area contributed by atoms with Crippen LogP contribution in [0, 0.1) is 11.7 Å². The Morgan fingerprint density at radius 2 is 1.97 bits per heavy atom. The smallest absolute Gasteiger partial charge is 0.251 e. The van der Waals surface area contributed by atoms with Gasteiger partial charge in [-0.15, -0.1) is 0 Å². The van der Waals surface area contributed by atoms with E-state index in [4.69, 9.17) is 0 Å². The molecule has 0 spiro atoms. The highest BCUT2D eigenvalue weighted by atomic mass is 19.1. The maximum absolute atomic E-state index is 13.3. The summed E-state index contributed by atoms with van der Waals surface area (Å²) in [5.41, 5.74) is 2.18. The van der Waals surface area contributed by atoms with Crippen molar-refractivity contribution in [1.82, 2.24) is 10.3 Å². The number of nitrogens with one attached hydrogen (secondary N) is 2. The zero-order valence-corrected chi connectivity index (χ0v) is 17.2. The van der Waals surface area contributed by atoms with Gasteiger partial charge in [0, 0.05) is 36.7 Å². The van der Waals surface area contributed by atoms with Crippen LogP contribution in [0.2, 0.25) is 0 Å². The normalized spacial score (nSPS) is 20.7. The lowest BCUT2D eigenvalue weighted by molar-refractivity contribution is -0.117. The van der Waals surface area contributed by atoms with E-state index in [1.807, 2.05) is 24.0 Å². The number of rotatable bonds is 5. The van der Waals surface area contributed by atoms with Crippen molar-refractivity contribution in [1.29, 1.82) is 0 Å². The molecular formula is C22H27FN4O2. The third-order valence-corrected chi connectivity index (χ3v) is 5.47. The average molecular weight is 398 g/mol. The van der Waals surface area contributed by atoms with Crippen LogP contribution in [0.5, 0.6) is 0 Å². The van der Waals surface area contributed by atoms with Crippen molar-refractivity contribution in [2.45, 2.75) is 46.2 Å². The van der Waals surface area contributed by atoms with Crippen molar-refractivity contribution in [3.63, 3.8) is 0 Å². The molecule has 7 heteroatoms. The second kappa shape index (κ2) is 8.59. The van der Waals surface area contributed by atoms with Gasteiger partial charge in [0.25, 0.3) is 5.91 Å². The molecule has 0 saturated carbocycles. The SMILES string of the molecule is CCNC(=O)c1ccc2c(c1)[C@H](Nc1ccc(F)cn1)[C@@H](C)[C@H](CC)N2C(C)=O. The maximum atomic E-state index is 13.3. The first-order valence-corrected chi connectivity index (χ1v) is 9.97. The van der Waals surface area contributed by atoms with Gasteiger partial charge in [-0.25, -0.2) is 9.37 Å². The first kappa shape index (κ1) is 20.8. The molecule has 6 nitrogen and oxygen atoms in total. The fourth-order valence-electron chi connectivity index (χ4n) is 4.13. The average Bonchev–Trinajstić information content (AvgIpc) is 2.70. The van der Waals surface area contributed by atoms with E-state index in [1.165, 1.54) is 12.3 Å². The maximum Gasteiger partial charge on any atom is 0.251 e. The molecule has 3 atom stereocenters. The molecule has 0 unspecified atom stereocenters. The van der Waals surface area contributed by atoms with Gasteiger partial charge in [0.05, 0.1) is 12.2 Å². The lowest BCUT2D eigenvalue weighted by atomic mass is 9.80. The van der Waals surface area contributed by atoms with Gasteiger partial charge in [-0.3, -0.25) is 9.59 Å². The summed E-state index contributed by atoms with van der Waals surface area (Å²) in [5, 5.41) is 6.20. The molecule has 0 fully saturated rings. The van der Waals surface area contributed by atoms with Crippen LogP contribution in [-0.4, -0.2) is 29.4 Å². The standard InChI is InChI=1S/C22H27FN4O2/c1-5-18-13(3)21(26-20-10-8-16(23)12-25-20)17-11-15(22(29)24-6-2)7-9-19(17)27(18)14(4)28/h7-13,18,21H,5-6H2,1-4H3,(H,24,29)(H,25,26)/t13-,18-,21+/m0/s1. The van der Waals surface area contributed by atoms with Gasteiger partial charge >= 0.3 is 0 Å². The molecule has 1 aromatic heterocycles. The predicted molar refractivity (Wildman–Crippen MR) is 111 cm³/mol. The lowest BCUT2D eigenvalue weighted by Gasteiger charge is -2.45. The highest BCUT2D eigenvalue weighted by Gasteiger charge is 2.40. The number of benzene rings is 1. The summed E-state index contributed by atoms with van der Waals surface area (Å²) in [5.74, 6) is -0.000460. The van der Waals surface area contributed by atoms with Crippen LogP contribution in [0.1, 0.15) is 56.1 Å². The minimum absolute atomic E-state index is 0.00623. The molecule has 3 rings (SSSR count). The summed E-state index contributed by atoms with van der Waals surface area (Å²) in [6, 6.07) is 8.17. The monoisotopic (exact) mass is 398 g/mol. The van der Waals surface area contributed by atoms with Crippen LogP contribution in [0.3, 0.4) is 0 Å². The summed E-state index contributed by atoms with van der Waals surface area (Å²) in [6.07, 6.45) is 1.95. The summed E-state index contributed by atoms with van der Waals surface area (Å²) < 4.78 is 13.3. The Morgan fingerprint density at radius 3 is 2.55 bits per heavy atom. The third kappa shape index (κ3) is 4.09. The van der Waals surface area contributed by atoms with Gasteiger partial charge in [0.15, 0.2) is 0 Å². The molecule has 0 aliphatic carbocycles. The van der Waals surface area contributed by atoms with Gasteiger partial charge in [-0.2, -0.15) is 0 Å². The second-order valence-corrected chi connectivity index (χ2v) is 7.34. The molecule has 154 valence electrons. The van der Waals surface area contributed by atoms with Crippen molar-refractivity contribution < 1.29 is 14.0 Å². The summed E-state index contributed by atoms with van der Waals surface area (Å²) in [6.45, 7) is 8.09. The molecule has 1 aliphatic rings. The molecule has 1 aliphatic heterocycles. The van der Waals surface area contributed by atoms with Crippen LogP contribution < -0.4 is 15.5 Å². The van der Waals surface area contributed by atoms with Gasteiger partial charge in [-0.05, 0) is 49.2 Å². The van der Waals surface area contributed by atoms with E-state index in [0.717, 1.165) is 17.7 Å². The van der Waals surface area contributed by atoms with Crippen molar-refractivity contribution in [2.24, 2.45) is 5.92 Å². The van der Waals surface area contributed by atoms with Gasteiger partial charge in [0.2, 0.25) is 5.91 Å². The fourth-order valence-corrected chi connectivity index (χ4v) is 4.13. The van der Waals surface area contributed by atoms with E-state index in [0.29, 0.717) is 17.9 Å². The highest BCUT2D eigenvalue weighted by molar-refractivity contribution is 5.98. The van der Waals surface area contributed by atoms with E-state index in [9.17, 15) is 14.0 Å². The third-order valence-electron chi connectivity index (χ3n) is 5.47. The second-order valence-electron chi connectivity index (χ2n) is 7.34. The van der Waals surface area contributed by atoms with Crippen LogP contribution in [0.15, 0.2) is 36.5 Å². The highest BCUT2D eigenvalue weighted by Crippen LogP contribution is 2.43. The van der Waals surface area contributed by atoms with E-state index >= 15 is 0 Å². The number of halogens is 1. The predicted octanol–water partition coefficient (Wildman–Crippen LogP) is 3.90. The molecule has 2 heterocycles. The Balaban J connectivity index is 2.10. The topological polar surface area (TPSA) is 74.3 Å². The van der Waals surface area contributed by atoms with Crippen LogP contribution >= 0.6 is 0 Å². The zero-order valence-electron chi connectivity index (χ0n) is 17.2. The van der Waals surface area contributed by atoms with Crippen LogP contribution in [-0.2, 0) is 4.79 Å². The molecule has 0 saturated heterocycles. The Kier molecular flexibility index (Phi) is 6.15. The molecule has 2 N–H and O–H groups in total. The number of aromatic nitrogens is 1. The molecule has 2 aromatic rings. The van der Waals surface area contributed by atoms with Gasteiger partial charge < -0.3 is 15.5 Å². The lowest BCUT2D eigenvalue weighted by Crippen LogP contribution is -2.49. The Morgan fingerprint density at radius 1 is 1.21 bits per heavy atom. The fraction of sp³-hybridized carbons (Fsp3) is 0.409. The number of hydrogen-bond donors (Lipinski definition) is 2. The number of fused-ring (bicyclic) bond motifs is 1. The minimum Gasteiger partial charge on any atom is -0.363 e. The van der Waals surface area contributed by atoms with Gasteiger partial charge in [0.1, 0.15) is 11.6 Å². The quantitative estimate of drug-likeness (QED) is 0.801. The van der Waals surface area contributed by atoms with E-state index in [-0.39, 0.29) is 29.8 Å². The Hall–Kier alpha value is -2.96. The molecule has 2 amide bonds. The first-order valence-electron chi connectivity index (χ1n) is 9.97. The number of pyridine rings is 1. The van der Waals surface area contributed by atoms with Crippen molar-refractivity contribution in [2.75, 3.05) is 16.8 Å². The minimum atomic E-state index is -0.402. The van der Waals surface area contributed by atoms with Gasteiger partial charge in [-0.1, -0.05) is 13.8 Å². The van der Waals surface area contributed by atoms with E-state index in [1.54, 1.807) is 19.1 Å². The molecule has 1 aromatic carbocycles. The van der Waals surface area contributed by atoms with Crippen molar-refractivity contribution in [3.8, 4) is 0 Å². The number of anilines is 2. The van der Waals surface area contributed by atoms with Crippen LogP contribution in [0.25, 0.3) is 0 Å². The zero-order chi connectivity index (χ0) is 21.1. The van der Waals surface area contributed by atoms with Crippen molar-refractivity contribution >= 4 is 23.3 Å². The number of amides is 2. The molecular weight excluding hydrogens is 371 g/mol. The Bertz CT molecular complexity index is 900. The van der Waals surface area contributed by atoms with Crippen LogP contribution in [0.4, 0.5) is 15.9 Å². The number of carbonyl (C=O) groups excluding carboxylic acids is 2. The molecule has 0 radical (unpaired) electrons. The number of carbonyl (C=O) groups is 2. The number of hydrogen-bond acceptors (Lipinski definition) is 4. The van der Waals surface area contributed by atoms with Crippen molar-refractivity contribution in [3.05, 3.63) is 53.5 Å². The Labute approximate surface area is 170 Å². The molecule has 29 heavy (non-hydrogen) atoms. The van der Waals surface area contributed by atoms with E-state index < -0.39 is 5.82 Å². The summed E-state index contributed by atoms with van der Waals surface area (Å²) >= 11 is 0. The first-order chi connectivity index (χ1) is 13.9. The largest absolute Gasteiger partial charge is 0.363 e. The summed E-state index contributed by atoms with van der Waals surface area (Å²) in [4.78, 5) is 30.8.